The molecule has 0 amide bonds. The van der Waals surface area contributed by atoms with Gasteiger partial charge in [-0.1, -0.05) is 33.0 Å². The van der Waals surface area contributed by atoms with Gasteiger partial charge in [-0.25, -0.2) is 0 Å². The smallest absolute Gasteiger partial charge is 0.167 e. The third-order valence-corrected chi connectivity index (χ3v) is 3.46. The Kier molecular flexibility index (Phi) is 8.43. The Morgan fingerprint density at radius 3 is 1.95 bits per heavy atom. The second-order valence-electron chi connectivity index (χ2n) is 8.33. The van der Waals surface area contributed by atoms with Crippen LogP contribution in [0.15, 0.2) is 0 Å². The van der Waals surface area contributed by atoms with E-state index >= 15 is 0 Å². The Balaban J connectivity index is 4.27. The van der Waals surface area contributed by atoms with Gasteiger partial charge < -0.3 is 9.47 Å². The van der Waals surface area contributed by atoms with Crippen LogP contribution in [-0.4, -0.2) is 31.6 Å². The highest BCUT2D eigenvalue weighted by Gasteiger charge is 2.32. The van der Waals surface area contributed by atoms with Crippen LogP contribution in [0.2, 0.25) is 5.31 Å². The molecule has 0 heterocycles. The number of ether oxygens (including phenoxy) is 2. The van der Waals surface area contributed by atoms with E-state index in [1.54, 1.807) is 0 Å². The minimum atomic E-state index is -0.0738. The van der Waals surface area contributed by atoms with E-state index in [2.05, 4.69) is 62.3 Å². The average Bonchev–Trinajstić information content (AvgIpc) is 2.10. The Hall–Kier alpha value is -0.0151. The molecule has 0 saturated carbocycles. The fraction of sp³-hybridized carbons (Fsp3) is 1.00. The summed E-state index contributed by atoms with van der Waals surface area (Å²) in [5, 5.41) is 0.246. The summed E-state index contributed by atoms with van der Waals surface area (Å²) in [7, 11) is 1.06. The van der Waals surface area contributed by atoms with Gasteiger partial charge in [-0.2, -0.15) is 0 Å². The monoisotopic (exact) mass is 284 g/mol. The van der Waals surface area contributed by atoms with Gasteiger partial charge in [0.05, 0.1) is 12.2 Å². The van der Waals surface area contributed by atoms with E-state index in [4.69, 9.17) is 9.47 Å². The Labute approximate surface area is 128 Å². The lowest BCUT2D eigenvalue weighted by Crippen LogP contribution is -2.41. The van der Waals surface area contributed by atoms with Crippen LogP contribution in [0.25, 0.3) is 0 Å². The van der Waals surface area contributed by atoms with Gasteiger partial charge in [0.15, 0.2) is 7.28 Å². The van der Waals surface area contributed by atoms with Crippen molar-refractivity contribution in [2.75, 3.05) is 6.61 Å². The summed E-state index contributed by atoms with van der Waals surface area (Å²) < 4.78 is 12.0. The van der Waals surface area contributed by atoms with Gasteiger partial charge in [-0.05, 0) is 53.4 Å². The maximum Gasteiger partial charge on any atom is 0.167 e. The van der Waals surface area contributed by atoms with E-state index in [9.17, 15) is 0 Å². The predicted molar refractivity (Wildman–Crippen MR) is 91.0 cm³/mol. The third-order valence-electron chi connectivity index (χ3n) is 3.46. The number of hydrogen-bond donors (Lipinski definition) is 0. The highest BCUT2D eigenvalue weighted by atomic mass is 16.5. The molecule has 0 aliphatic heterocycles. The molecule has 20 heavy (non-hydrogen) atoms. The molecule has 0 saturated heterocycles. The zero-order chi connectivity index (χ0) is 16.0. The first-order chi connectivity index (χ1) is 8.93. The first kappa shape index (κ1) is 20.0. The molecule has 0 rings (SSSR count). The van der Waals surface area contributed by atoms with E-state index < -0.39 is 0 Å². The number of hydrogen-bond acceptors (Lipinski definition) is 2. The average molecular weight is 284 g/mol. The Morgan fingerprint density at radius 2 is 1.50 bits per heavy atom. The minimum Gasteiger partial charge on any atom is -0.381 e. The standard InChI is InChI=1S/C17H37BO2/c1-13(2)12-15(5)20-17(8,9)18-16(6,7)10-11-19-14(3)4/h13-15,18H,10-12H2,1-9H3. The fourth-order valence-electron chi connectivity index (χ4n) is 3.11. The van der Waals surface area contributed by atoms with Crippen molar-refractivity contribution in [2.45, 2.75) is 98.2 Å². The van der Waals surface area contributed by atoms with Gasteiger partial charge in [-0.15, -0.1) is 0 Å². The third kappa shape index (κ3) is 10.7. The molecule has 0 aromatic heterocycles. The van der Waals surface area contributed by atoms with Crippen LogP contribution in [0.1, 0.15) is 75.2 Å². The van der Waals surface area contributed by atoms with Gasteiger partial charge in [0, 0.05) is 12.1 Å². The van der Waals surface area contributed by atoms with Crippen LogP contribution < -0.4 is 0 Å². The van der Waals surface area contributed by atoms with E-state index in [0.717, 1.165) is 26.7 Å². The van der Waals surface area contributed by atoms with E-state index in [1.165, 1.54) is 0 Å². The van der Waals surface area contributed by atoms with Crippen LogP contribution >= 0.6 is 0 Å². The van der Waals surface area contributed by atoms with Gasteiger partial charge in [0.25, 0.3) is 0 Å². The van der Waals surface area contributed by atoms with Crippen LogP contribution in [0.5, 0.6) is 0 Å². The van der Waals surface area contributed by atoms with Crippen molar-refractivity contribution >= 4 is 7.28 Å². The summed E-state index contributed by atoms with van der Waals surface area (Å²) in [6.07, 6.45) is 2.85. The fourth-order valence-corrected chi connectivity index (χ4v) is 3.11. The molecule has 0 radical (unpaired) electrons. The molecule has 1 unspecified atom stereocenters. The summed E-state index contributed by atoms with van der Waals surface area (Å²) in [4.78, 5) is 0. The summed E-state index contributed by atoms with van der Waals surface area (Å²) in [5.74, 6) is 0.688. The van der Waals surface area contributed by atoms with Crippen molar-refractivity contribution in [1.29, 1.82) is 0 Å². The minimum absolute atomic E-state index is 0.0738. The van der Waals surface area contributed by atoms with Crippen molar-refractivity contribution < 1.29 is 9.47 Å². The molecule has 0 spiro atoms. The van der Waals surface area contributed by atoms with Crippen molar-refractivity contribution in [3.8, 4) is 0 Å². The molecule has 0 N–H and O–H groups in total. The topological polar surface area (TPSA) is 18.5 Å². The molecule has 0 aliphatic rings. The van der Waals surface area contributed by atoms with Crippen LogP contribution in [-0.2, 0) is 9.47 Å². The maximum atomic E-state index is 6.27. The molecule has 0 aromatic carbocycles. The molecule has 1 atom stereocenters. The summed E-state index contributed by atoms with van der Waals surface area (Å²) in [6.45, 7) is 20.8. The zero-order valence-corrected chi connectivity index (χ0v) is 15.4. The molecular formula is C17H37BO2. The van der Waals surface area contributed by atoms with Crippen molar-refractivity contribution in [3.05, 3.63) is 0 Å². The first-order valence-corrected chi connectivity index (χ1v) is 8.23. The van der Waals surface area contributed by atoms with Crippen molar-refractivity contribution in [1.82, 2.24) is 0 Å². The van der Waals surface area contributed by atoms with Gasteiger partial charge in [0.2, 0.25) is 0 Å². The van der Waals surface area contributed by atoms with Crippen LogP contribution in [0.4, 0.5) is 0 Å². The van der Waals surface area contributed by atoms with Crippen LogP contribution in [0.3, 0.4) is 0 Å². The van der Waals surface area contributed by atoms with E-state index in [0.29, 0.717) is 18.1 Å². The molecule has 0 aliphatic carbocycles. The molecule has 0 fully saturated rings. The Morgan fingerprint density at radius 1 is 0.950 bits per heavy atom. The van der Waals surface area contributed by atoms with Gasteiger partial charge >= 0.3 is 0 Å². The van der Waals surface area contributed by atoms with Gasteiger partial charge in [-0.3, -0.25) is 0 Å². The summed E-state index contributed by atoms with van der Waals surface area (Å²) in [6, 6.07) is 0. The predicted octanol–water partition coefficient (Wildman–Crippen LogP) is 4.62. The molecule has 2 nitrogen and oxygen atoms in total. The summed E-state index contributed by atoms with van der Waals surface area (Å²) >= 11 is 0. The SMILES string of the molecule is CC(C)CC(C)OC(C)(C)BC(C)(C)CCOC(C)C. The van der Waals surface area contributed by atoms with E-state index in [1.807, 2.05) is 0 Å². The van der Waals surface area contributed by atoms with Crippen LogP contribution in [0, 0.1) is 5.92 Å². The highest BCUT2D eigenvalue weighted by molar-refractivity contribution is 6.43. The molecule has 3 heteroatoms. The molecule has 120 valence electrons. The highest BCUT2D eigenvalue weighted by Crippen LogP contribution is 2.33. The largest absolute Gasteiger partial charge is 0.381 e. The second kappa shape index (κ2) is 8.43. The van der Waals surface area contributed by atoms with Crippen molar-refractivity contribution in [3.63, 3.8) is 0 Å². The van der Waals surface area contributed by atoms with E-state index in [-0.39, 0.29) is 10.8 Å². The molecule has 0 bridgehead atoms. The zero-order valence-electron chi connectivity index (χ0n) is 15.4. The second-order valence-corrected chi connectivity index (χ2v) is 8.33. The lowest BCUT2D eigenvalue weighted by Gasteiger charge is -2.36. The van der Waals surface area contributed by atoms with Crippen molar-refractivity contribution in [2.24, 2.45) is 5.92 Å². The normalized spacial score (nSPS) is 14.9. The quantitative estimate of drug-likeness (QED) is 0.545. The molecular weight excluding hydrogens is 247 g/mol. The lowest BCUT2D eigenvalue weighted by molar-refractivity contribution is -0.0233. The molecule has 0 aromatic rings. The number of rotatable bonds is 10. The summed E-state index contributed by atoms with van der Waals surface area (Å²) in [5.41, 5.74) is -0.0738. The maximum absolute atomic E-state index is 6.27. The lowest BCUT2D eigenvalue weighted by atomic mass is 9.44. The van der Waals surface area contributed by atoms with Gasteiger partial charge in [0.1, 0.15) is 0 Å². The first-order valence-electron chi connectivity index (χ1n) is 8.23. The Bertz CT molecular complexity index is 260.